The molecule has 12 nitrogen and oxygen atoms in total. The second kappa shape index (κ2) is 17.1. The van der Waals surface area contributed by atoms with Gasteiger partial charge in [0.25, 0.3) is 11.8 Å². The molecule has 3 heterocycles. The Kier molecular flexibility index (Phi) is 13.2. The Morgan fingerprint density at radius 3 is 2.44 bits per heavy atom. The van der Waals surface area contributed by atoms with E-state index in [0.717, 1.165) is 40.8 Å². The minimum absolute atomic E-state index is 0.0246. The average molecular weight is 680 g/mol. The summed E-state index contributed by atoms with van der Waals surface area (Å²) in [5.41, 5.74) is 12.7. The maximum absolute atomic E-state index is 13.4. The third-order valence-electron chi connectivity index (χ3n) is 7.35. The van der Waals surface area contributed by atoms with E-state index in [4.69, 9.17) is 32.5 Å². The first kappa shape index (κ1) is 34.9. The van der Waals surface area contributed by atoms with Gasteiger partial charge in [-0.3, -0.25) is 29.0 Å². The Balaban J connectivity index is 1.33. The van der Waals surface area contributed by atoms with E-state index in [1.165, 1.54) is 4.90 Å². The lowest BCUT2D eigenvalue weighted by atomic mass is 10.1. The summed E-state index contributed by atoms with van der Waals surface area (Å²) in [6, 6.07) is 9.55. The number of hydrogen-bond acceptors (Lipinski definition) is 11. The summed E-state index contributed by atoms with van der Waals surface area (Å²) in [7, 11) is 0. The van der Waals surface area contributed by atoms with Gasteiger partial charge in [-0.05, 0) is 68.6 Å². The molecule has 1 aromatic carbocycles. The number of thiophene rings is 1. The van der Waals surface area contributed by atoms with E-state index in [-0.39, 0.29) is 37.1 Å². The van der Waals surface area contributed by atoms with Crippen LogP contribution in [0.5, 0.6) is 0 Å². The van der Waals surface area contributed by atoms with Crippen molar-refractivity contribution in [1.82, 2.24) is 4.90 Å². The number of ether oxygens (including phenoxy) is 2. The fraction of sp³-hybridized carbons (Fsp3) is 0.500. The molecule has 4 N–H and O–H groups in total. The first-order valence-electron chi connectivity index (χ1n) is 14.9. The van der Waals surface area contributed by atoms with Gasteiger partial charge in [0.05, 0.1) is 35.0 Å². The van der Waals surface area contributed by atoms with Crippen LogP contribution < -0.4 is 21.3 Å². The summed E-state index contributed by atoms with van der Waals surface area (Å²) in [5.74, 6) is -0.548. The molecule has 45 heavy (non-hydrogen) atoms. The van der Waals surface area contributed by atoms with Crippen molar-refractivity contribution in [2.75, 3.05) is 54.9 Å². The molecule has 0 saturated carbocycles. The maximum atomic E-state index is 13.4. The van der Waals surface area contributed by atoms with Crippen molar-refractivity contribution in [3.63, 3.8) is 0 Å². The van der Waals surface area contributed by atoms with Crippen LogP contribution in [0, 0.1) is 0 Å². The van der Waals surface area contributed by atoms with E-state index in [1.807, 2.05) is 0 Å². The van der Waals surface area contributed by atoms with E-state index in [0.29, 0.717) is 65.3 Å². The van der Waals surface area contributed by atoms with E-state index in [2.05, 4.69) is 0 Å². The highest BCUT2D eigenvalue weighted by molar-refractivity contribution is 8.13. The molecule has 2 aliphatic rings. The van der Waals surface area contributed by atoms with Crippen LogP contribution in [-0.2, 0) is 23.9 Å². The predicted molar refractivity (Wildman–Crippen MR) is 175 cm³/mol. The number of thioether (sulfide) groups is 1. The third-order valence-corrected chi connectivity index (χ3v) is 9.65. The Bertz CT molecular complexity index is 1360. The molecule has 0 spiro atoms. The van der Waals surface area contributed by atoms with Crippen molar-refractivity contribution in [3.8, 4) is 0 Å². The van der Waals surface area contributed by atoms with Gasteiger partial charge >= 0.3 is 6.09 Å². The number of nitrogens with zero attached hydrogens (tertiary/aromatic N) is 3. The van der Waals surface area contributed by atoms with Crippen LogP contribution in [0.4, 0.5) is 16.2 Å². The molecule has 244 valence electrons. The van der Waals surface area contributed by atoms with Crippen LogP contribution in [0.1, 0.15) is 48.2 Å². The topological polar surface area (TPSA) is 166 Å². The van der Waals surface area contributed by atoms with Gasteiger partial charge in [-0.15, -0.1) is 11.3 Å². The average Bonchev–Trinajstić information content (AvgIpc) is 3.64. The zero-order valence-electron chi connectivity index (χ0n) is 24.9. The molecule has 0 radical (unpaired) electrons. The van der Waals surface area contributed by atoms with E-state index in [9.17, 15) is 24.0 Å². The fourth-order valence-corrected chi connectivity index (χ4v) is 6.79. The Morgan fingerprint density at radius 2 is 1.78 bits per heavy atom. The lowest BCUT2D eigenvalue weighted by molar-refractivity contribution is -0.129. The number of hydrogen-bond donors (Lipinski definition) is 2. The number of benzene rings is 1. The molecule has 15 heteroatoms. The molecule has 2 aromatic rings. The second-order valence-corrected chi connectivity index (χ2v) is 13.5. The Labute approximate surface area is 275 Å². The number of carbonyl (C=O) groups excluding carboxylic acids is 5. The van der Waals surface area contributed by atoms with Crippen LogP contribution in [0.3, 0.4) is 0 Å². The monoisotopic (exact) mass is 679 g/mol. The molecule has 2 fully saturated rings. The van der Waals surface area contributed by atoms with Gasteiger partial charge in [0.2, 0.25) is 11.0 Å². The number of imide groups is 1. The normalized spacial score (nSPS) is 17.4. The zero-order chi connectivity index (χ0) is 32.3. The van der Waals surface area contributed by atoms with Gasteiger partial charge in [-0.1, -0.05) is 29.8 Å². The quantitative estimate of drug-likeness (QED) is 0.266. The fourth-order valence-electron chi connectivity index (χ4n) is 4.91. The van der Waals surface area contributed by atoms with Crippen molar-refractivity contribution < 1.29 is 33.4 Å². The summed E-state index contributed by atoms with van der Waals surface area (Å²) in [4.78, 5) is 68.4. The maximum Gasteiger partial charge on any atom is 0.414 e. The largest absolute Gasteiger partial charge is 0.442 e. The van der Waals surface area contributed by atoms with Gasteiger partial charge in [-0.25, -0.2) is 4.79 Å². The first-order valence-corrected chi connectivity index (χ1v) is 17.0. The zero-order valence-corrected chi connectivity index (χ0v) is 27.2. The molecule has 1 unspecified atom stereocenters. The number of unbranched alkanes of at least 4 members (excludes halogenated alkanes) is 2. The highest BCUT2D eigenvalue weighted by Gasteiger charge is 2.36. The SMILES string of the molecule is NCCCC[C@H](N)C(=O)SCCCCC(=O)N(CC1CN(c2ccc(N3CCOCC3=O)cc2)C(=O)O1)C(=O)c1ccc(Cl)s1. The van der Waals surface area contributed by atoms with Gasteiger partial charge in [0.15, 0.2) is 0 Å². The Morgan fingerprint density at radius 1 is 1.04 bits per heavy atom. The number of carbonyl (C=O) groups is 5. The molecule has 2 atom stereocenters. The highest BCUT2D eigenvalue weighted by atomic mass is 35.5. The molecule has 0 bridgehead atoms. The van der Waals surface area contributed by atoms with Crippen LogP contribution in [0.2, 0.25) is 4.34 Å². The smallest absolute Gasteiger partial charge is 0.414 e. The first-order chi connectivity index (χ1) is 21.7. The van der Waals surface area contributed by atoms with E-state index in [1.54, 1.807) is 41.3 Å². The summed E-state index contributed by atoms with van der Waals surface area (Å²) < 4.78 is 11.2. The lowest BCUT2D eigenvalue weighted by Crippen LogP contribution is -2.43. The highest BCUT2D eigenvalue weighted by Crippen LogP contribution is 2.28. The number of nitrogens with two attached hydrogens (primary N) is 2. The van der Waals surface area contributed by atoms with Gasteiger partial charge in [0.1, 0.15) is 12.7 Å². The Hall–Kier alpha value is -3.01. The molecule has 4 rings (SSSR count). The number of anilines is 2. The van der Waals surface area contributed by atoms with Crippen molar-refractivity contribution in [1.29, 1.82) is 0 Å². The summed E-state index contributed by atoms with van der Waals surface area (Å²) in [5, 5.41) is -0.0819. The molecular formula is C30H38ClN5O7S2. The van der Waals surface area contributed by atoms with Crippen molar-refractivity contribution in [2.45, 2.75) is 50.7 Å². The third kappa shape index (κ3) is 9.74. The predicted octanol–water partition coefficient (Wildman–Crippen LogP) is 3.65. The minimum Gasteiger partial charge on any atom is -0.442 e. The molecule has 2 saturated heterocycles. The van der Waals surface area contributed by atoms with Crippen LogP contribution in [0.25, 0.3) is 0 Å². The summed E-state index contributed by atoms with van der Waals surface area (Å²) in [6.45, 7) is 1.48. The van der Waals surface area contributed by atoms with Crippen molar-refractivity contribution >= 4 is 75.0 Å². The number of cyclic esters (lactones) is 1. The molecular weight excluding hydrogens is 642 g/mol. The molecule has 0 aliphatic carbocycles. The van der Waals surface area contributed by atoms with Crippen LogP contribution in [0.15, 0.2) is 36.4 Å². The second-order valence-electron chi connectivity index (χ2n) is 10.7. The molecule has 2 aliphatic heterocycles. The van der Waals surface area contributed by atoms with Gasteiger partial charge < -0.3 is 25.8 Å². The standard InChI is InChI=1S/C30H38ClN5O7S2/c31-25-12-11-24(45-25)28(39)36(26(37)6-2-4-16-44-29(40)23(33)5-1-3-13-32)18-22-17-35(30(41)43-22)21-9-7-20(8-10-21)34-14-15-42-19-27(34)38/h7-12,22-23H,1-6,13-19,32-33H2/t22?,23-/m0/s1. The minimum atomic E-state index is -0.754. The van der Waals surface area contributed by atoms with Crippen LogP contribution >= 0.6 is 34.7 Å². The van der Waals surface area contributed by atoms with E-state index < -0.39 is 30.1 Å². The number of halogens is 1. The number of rotatable bonds is 15. The number of morpholine rings is 1. The van der Waals surface area contributed by atoms with Gasteiger partial charge in [-0.2, -0.15) is 0 Å². The van der Waals surface area contributed by atoms with Crippen molar-refractivity contribution in [3.05, 3.63) is 45.6 Å². The summed E-state index contributed by atoms with van der Waals surface area (Å²) in [6.07, 6.45) is 1.99. The lowest BCUT2D eigenvalue weighted by Gasteiger charge is -2.27. The number of amides is 4. The van der Waals surface area contributed by atoms with Gasteiger partial charge in [0, 0.05) is 30.1 Å². The summed E-state index contributed by atoms with van der Waals surface area (Å²) >= 11 is 8.27. The molecule has 1 aromatic heterocycles. The van der Waals surface area contributed by atoms with E-state index >= 15 is 0 Å². The van der Waals surface area contributed by atoms with Crippen LogP contribution in [-0.4, -0.2) is 91.1 Å². The molecule has 4 amide bonds. The van der Waals surface area contributed by atoms with Crippen molar-refractivity contribution in [2.24, 2.45) is 11.5 Å².